The number of carbonyl (C=O) groups excluding carboxylic acids is 1. The third-order valence-electron chi connectivity index (χ3n) is 2.50. The Bertz CT molecular complexity index is 520. The van der Waals surface area contributed by atoms with Crippen LogP contribution in [0.3, 0.4) is 0 Å². The number of aromatic nitrogens is 2. The Balaban J connectivity index is 1.99. The number of fused-ring (bicyclic) bond motifs is 1. The highest BCUT2D eigenvalue weighted by molar-refractivity contribution is 5.78. The van der Waals surface area contributed by atoms with Crippen LogP contribution in [0.25, 0.3) is 5.65 Å². The third kappa shape index (κ3) is 3.30. The van der Waals surface area contributed by atoms with Gasteiger partial charge in [0.25, 0.3) is 0 Å². The SMILES string of the molecule is CC(C)(N)CNC(=O)Cc1cn2ccccc2n1. The molecule has 0 unspecified atom stereocenters. The molecule has 1 amide bonds. The summed E-state index contributed by atoms with van der Waals surface area (Å²) in [5, 5.41) is 2.80. The lowest BCUT2D eigenvalue weighted by atomic mass is 10.1. The van der Waals surface area contributed by atoms with Gasteiger partial charge >= 0.3 is 0 Å². The van der Waals surface area contributed by atoms with E-state index in [0.29, 0.717) is 6.54 Å². The molecule has 0 aliphatic rings. The summed E-state index contributed by atoms with van der Waals surface area (Å²) in [6.45, 7) is 4.20. The average molecular weight is 246 g/mol. The summed E-state index contributed by atoms with van der Waals surface area (Å²) in [6, 6.07) is 5.75. The molecule has 0 spiro atoms. The number of pyridine rings is 1. The maximum atomic E-state index is 11.7. The summed E-state index contributed by atoms with van der Waals surface area (Å²) in [5.41, 5.74) is 7.01. The van der Waals surface area contributed by atoms with E-state index in [4.69, 9.17) is 5.73 Å². The summed E-state index contributed by atoms with van der Waals surface area (Å²) < 4.78 is 1.90. The summed E-state index contributed by atoms with van der Waals surface area (Å²) in [5.74, 6) is -0.0584. The zero-order valence-corrected chi connectivity index (χ0v) is 10.7. The van der Waals surface area contributed by atoms with E-state index in [9.17, 15) is 4.79 Å². The molecule has 3 N–H and O–H groups in total. The molecule has 96 valence electrons. The molecular weight excluding hydrogens is 228 g/mol. The maximum absolute atomic E-state index is 11.7. The van der Waals surface area contributed by atoms with Crippen LogP contribution in [0.2, 0.25) is 0 Å². The van der Waals surface area contributed by atoms with E-state index in [0.717, 1.165) is 11.3 Å². The molecule has 0 aromatic carbocycles. The molecule has 0 saturated heterocycles. The minimum atomic E-state index is -0.394. The standard InChI is InChI=1S/C13H18N4O/c1-13(2,14)9-15-12(18)7-10-8-17-6-4-3-5-11(17)16-10/h3-6,8H,7,9,14H2,1-2H3,(H,15,18). The van der Waals surface area contributed by atoms with Crippen molar-refractivity contribution in [3.8, 4) is 0 Å². The van der Waals surface area contributed by atoms with Gasteiger partial charge in [0.05, 0.1) is 12.1 Å². The maximum Gasteiger partial charge on any atom is 0.226 e. The lowest BCUT2D eigenvalue weighted by molar-refractivity contribution is -0.120. The summed E-state index contributed by atoms with van der Waals surface area (Å²) in [4.78, 5) is 16.1. The van der Waals surface area contributed by atoms with E-state index >= 15 is 0 Å². The monoisotopic (exact) mass is 246 g/mol. The van der Waals surface area contributed by atoms with E-state index < -0.39 is 5.54 Å². The Labute approximate surface area is 106 Å². The second-order valence-corrected chi connectivity index (χ2v) is 5.14. The first-order chi connectivity index (χ1) is 8.44. The van der Waals surface area contributed by atoms with E-state index in [-0.39, 0.29) is 12.3 Å². The molecule has 0 aliphatic heterocycles. The van der Waals surface area contributed by atoms with Crippen molar-refractivity contribution in [1.82, 2.24) is 14.7 Å². The molecule has 0 saturated carbocycles. The molecule has 2 rings (SSSR count). The van der Waals surface area contributed by atoms with Crippen molar-refractivity contribution in [3.05, 3.63) is 36.3 Å². The van der Waals surface area contributed by atoms with Crippen molar-refractivity contribution in [3.63, 3.8) is 0 Å². The smallest absolute Gasteiger partial charge is 0.226 e. The van der Waals surface area contributed by atoms with E-state index in [1.165, 1.54) is 0 Å². The molecule has 2 aromatic heterocycles. The van der Waals surface area contributed by atoms with Crippen LogP contribution in [-0.4, -0.2) is 27.4 Å². The van der Waals surface area contributed by atoms with Crippen molar-refractivity contribution in [2.24, 2.45) is 5.73 Å². The van der Waals surface area contributed by atoms with E-state index in [1.807, 2.05) is 48.8 Å². The van der Waals surface area contributed by atoms with Crippen LogP contribution in [0.5, 0.6) is 0 Å². The number of nitrogens with one attached hydrogen (secondary N) is 1. The Hall–Kier alpha value is -1.88. The van der Waals surface area contributed by atoms with Crippen molar-refractivity contribution in [2.45, 2.75) is 25.8 Å². The molecule has 0 bridgehead atoms. The van der Waals surface area contributed by atoms with Crippen molar-refractivity contribution < 1.29 is 4.79 Å². The minimum Gasteiger partial charge on any atom is -0.354 e. The molecule has 2 aromatic rings. The third-order valence-corrected chi connectivity index (χ3v) is 2.50. The van der Waals surface area contributed by atoms with Gasteiger partial charge in [-0.3, -0.25) is 4.79 Å². The van der Waals surface area contributed by atoms with Crippen molar-refractivity contribution >= 4 is 11.6 Å². The van der Waals surface area contributed by atoms with Crippen LogP contribution < -0.4 is 11.1 Å². The van der Waals surface area contributed by atoms with Gasteiger partial charge in [0.1, 0.15) is 5.65 Å². The highest BCUT2D eigenvalue weighted by Crippen LogP contribution is 2.05. The minimum absolute atomic E-state index is 0.0584. The first kappa shape index (κ1) is 12.6. The van der Waals surface area contributed by atoms with Crippen LogP contribution in [0, 0.1) is 0 Å². The predicted molar refractivity (Wildman–Crippen MR) is 70.2 cm³/mol. The van der Waals surface area contributed by atoms with Crippen LogP contribution in [-0.2, 0) is 11.2 Å². The highest BCUT2D eigenvalue weighted by Gasteiger charge is 2.13. The van der Waals surface area contributed by atoms with E-state index in [2.05, 4.69) is 10.3 Å². The van der Waals surface area contributed by atoms with Crippen molar-refractivity contribution in [2.75, 3.05) is 6.54 Å². The average Bonchev–Trinajstić information content (AvgIpc) is 2.67. The second-order valence-electron chi connectivity index (χ2n) is 5.14. The Morgan fingerprint density at radius 1 is 1.50 bits per heavy atom. The molecule has 0 fully saturated rings. The van der Waals surface area contributed by atoms with Gasteiger partial charge in [-0.25, -0.2) is 4.98 Å². The fourth-order valence-corrected chi connectivity index (χ4v) is 1.63. The van der Waals surface area contributed by atoms with Gasteiger partial charge in [-0.15, -0.1) is 0 Å². The number of nitrogens with zero attached hydrogens (tertiary/aromatic N) is 2. The van der Waals surface area contributed by atoms with Gasteiger partial charge in [-0.1, -0.05) is 6.07 Å². The van der Waals surface area contributed by atoms with Crippen LogP contribution in [0.1, 0.15) is 19.5 Å². The number of hydrogen-bond donors (Lipinski definition) is 2. The quantitative estimate of drug-likeness (QED) is 0.835. The van der Waals surface area contributed by atoms with Gasteiger partial charge in [-0.2, -0.15) is 0 Å². The second kappa shape index (κ2) is 4.78. The van der Waals surface area contributed by atoms with Crippen LogP contribution in [0.4, 0.5) is 0 Å². The largest absolute Gasteiger partial charge is 0.354 e. The zero-order valence-electron chi connectivity index (χ0n) is 10.7. The molecule has 2 heterocycles. The number of amides is 1. The lowest BCUT2D eigenvalue weighted by Gasteiger charge is -2.18. The molecule has 18 heavy (non-hydrogen) atoms. The number of nitrogens with two attached hydrogens (primary N) is 1. The molecule has 5 heteroatoms. The molecule has 0 radical (unpaired) electrons. The lowest BCUT2D eigenvalue weighted by Crippen LogP contribution is -2.45. The Morgan fingerprint density at radius 3 is 2.94 bits per heavy atom. The number of hydrogen-bond acceptors (Lipinski definition) is 3. The van der Waals surface area contributed by atoms with Gasteiger partial charge in [0.15, 0.2) is 0 Å². The molecule has 5 nitrogen and oxygen atoms in total. The van der Waals surface area contributed by atoms with Gasteiger partial charge < -0.3 is 15.5 Å². The number of rotatable bonds is 4. The first-order valence-corrected chi connectivity index (χ1v) is 5.92. The fraction of sp³-hybridized carbons (Fsp3) is 0.385. The summed E-state index contributed by atoms with van der Waals surface area (Å²) in [6.07, 6.45) is 4.05. The fourth-order valence-electron chi connectivity index (χ4n) is 1.63. The van der Waals surface area contributed by atoms with Gasteiger partial charge in [0.2, 0.25) is 5.91 Å². The zero-order chi connectivity index (χ0) is 13.2. The predicted octanol–water partition coefficient (Wildman–Crippen LogP) is 0.730. The van der Waals surface area contributed by atoms with Crippen LogP contribution in [0.15, 0.2) is 30.6 Å². The summed E-state index contributed by atoms with van der Waals surface area (Å²) >= 11 is 0. The number of carbonyl (C=O) groups is 1. The highest BCUT2D eigenvalue weighted by atomic mass is 16.1. The Morgan fingerprint density at radius 2 is 2.28 bits per heavy atom. The van der Waals surface area contributed by atoms with Gasteiger partial charge in [-0.05, 0) is 26.0 Å². The van der Waals surface area contributed by atoms with Gasteiger partial charge in [0, 0.05) is 24.5 Å². The van der Waals surface area contributed by atoms with E-state index in [1.54, 1.807) is 0 Å². The topological polar surface area (TPSA) is 72.4 Å². The van der Waals surface area contributed by atoms with Crippen LogP contribution >= 0.6 is 0 Å². The molecule has 0 aliphatic carbocycles. The summed E-state index contributed by atoms with van der Waals surface area (Å²) in [7, 11) is 0. The molecule has 0 atom stereocenters. The first-order valence-electron chi connectivity index (χ1n) is 5.92. The Kier molecular flexibility index (Phi) is 3.34. The van der Waals surface area contributed by atoms with Crippen molar-refractivity contribution in [1.29, 1.82) is 0 Å². The molecular formula is C13H18N4O. The number of imidazole rings is 1. The normalized spacial score (nSPS) is 11.7.